The van der Waals surface area contributed by atoms with Crippen molar-refractivity contribution in [2.24, 2.45) is 0 Å². The monoisotopic (exact) mass is 282 g/mol. The normalized spacial score (nSPS) is 19.3. The van der Waals surface area contributed by atoms with Crippen LogP contribution in [0.1, 0.15) is 12.5 Å². The number of amides is 1. The van der Waals surface area contributed by atoms with Crippen molar-refractivity contribution in [2.75, 3.05) is 26.7 Å². The van der Waals surface area contributed by atoms with Crippen molar-refractivity contribution in [3.63, 3.8) is 0 Å². The third-order valence-corrected chi connectivity index (χ3v) is 3.78. The zero-order chi connectivity index (χ0) is 13.8. The molecule has 5 heteroatoms. The fourth-order valence-electron chi connectivity index (χ4n) is 2.27. The first-order chi connectivity index (χ1) is 9.11. The van der Waals surface area contributed by atoms with Gasteiger partial charge in [0.15, 0.2) is 0 Å². The van der Waals surface area contributed by atoms with Gasteiger partial charge in [0.25, 0.3) is 0 Å². The van der Waals surface area contributed by atoms with Crippen LogP contribution in [0.4, 0.5) is 0 Å². The number of halogens is 1. The van der Waals surface area contributed by atoms with Crippen LogP contribution in [-0.2, 0) is 11.2 Å². The predicted molar refractivity (Wildman–Crippen MR) is 75.8 cm³/mol. The van der Waals surface area contributed by atoms with Gasteiger partial charge in [-0.1, -0.05) is 17.7 Å². The van der Waals surface area contributed by atoms with E-state index in [1.165, 1.54) is 0 Å². The summed E-state index contributed by atoms with van der Waals surface area (Å²) in [5.74, 6) is 0.831. The van der Waals surface area contributed by atoms with Crippen LogP contribution in [0.5, 0.6) is 5.75 Å². The van der Waals surface area contributed by atoms with E-state index in [0.29, 0.717) is 17.2 Å². The molecule has 2 rings (SSSR count). The second kappa shape index (κ2) is 6.26. The van der Waals surface area contributed by atoms with E-state index in [1.54, 1.807) is 13.2 Å². The molecule has 1 atom stereocenters. The van der Waals surface area contributed by atoms with Gasteiger partial charge in [-0.25, -0.2) is 0 Å². The van der Waals surface area contributed by atoms with Crippen LogP contribution in [-0.4, -0.2) is 43.6 Å². The van der Waals surface area contributed by atoms with Crippen LogP contribution >= 0.6 is 11.6 Å². The van der Waals surface area contributed by atoms with Gasteiger partial charge in [0.1, 0.15) is 5.75 Å². The third kappa shape index (κ3) is 3.39. The van der Waals surface area contributed by atoms with Crippen molar-refractivity contribution in [3.05, 3.63) is 28.8 Å². The minimum absolute atomic E-state index is 0.126. The molecule has 1 N–H and O–H groups in total. The highest BCUT2D eigenvalue weighted by molar-refractivity contribution is 6.31. The molecule has 1 aromatic rings. The molecule has 0 bridgehead atoms. The van der Waals surface area contributed by atoms with E-state index < -0.39 is 0 Å². The molecular formula is C14H19ClN2O2. The number of rotatable bonds is 3. The molecule has 1 aromatic carbocycles. The average molecular weight is 283 g/mol. The fourth-order valence-corrected chi connectivity index (χ4v) is 2.51. The van der Waals surface area contributed by atoms with Crippen molar-refractivity contribution < 1.29 is 9.53 Å². The van der Waals surface area contributed by atoms with Gasteiger partial charge in [-0.05, 0) is 24.6 Å². The van der Waals surface area contributed by atoms with E-state index in [4.69, 9.17) is 16.3 Å². The van der Waals surface area contributed by atoms with Crippen molar-refractivity contribution >= 4 is 17.5 Å². The smallest absolute Gasteiger partial charge is 0.227 e. The van der Waals surface area contributed by atoms with E-state index in [-0.39, 0.29) is 11.9 Å². The van der Waals surface area contributed by atoms with Crippen LogP contribution < -0.4 is 10.1 Å². The number of hydrogen-bond donors (Lipinski definition) is 1. The number of carbonyl (C=O) groups is 1. The average Bonchev–Trinajstić information content (AvgIpc) is 2.41. The van der Waals surface area contributed by atoms with Crippen LogP contribution in [0.3, 0.4) is 0 Å². The van der Waals surface area contributed by atoms with E-state index in [2.05, 4.69) is 12.2 Å². The Bertz CT molecular complexity index is 465. The van der Waals surface area contributed by atoms with Gasteiger partial charge < -0.3 is 15.0 Å². The molecule has 0 unspecified atom stereocenters. The lowest BCUT2D eigenvalue weighted by molar-refractivity contribution is -0.133. The number of nitrogens with zero attached hydrogens (tertiary/aromatic N) is 1. The van der Waals surface area contributed by atoms with Gasteiger partial charge in [-0.2, -0.15) is 0 Å². The van der Waals surface area contributed by atoms with Crippen molar-refractivity contribution in [1.82, 2.24) is 10.2 Å². The molecule has 0 radical (unpaired) electrons. The maximum Gasteiger partial charge on any atom is 0.227 e. The highest BCUT2D eigenvalue weighted by atomic mass is 35.5. The summed E-state index contributed by atoms with van der Waals surface area (Å²) in [6.07, 6.45) is 0.340. The van der Waals surface area contributed by atoms with Gasteiger partial charge in [0.2, 0.25) is 5.91 Å². The first-order valence-corrected chi connectivity index (χ1v) is 6.82. The summed E-state index contributed by atoms with van der Waals surface area (Å²) in [5, 5.41) is 3.85. The maximum absolute atomic E-state index is 12.3. The minimum atomic E-state index is 0.126. The SMILES string of the molecule is COc1ccc(CC(=O)N2CCNC[C@H]2C)c(Cl)c1. The second-order valence-corrected chi connectivity index (χ2v) is 5.18. The summed E-state index contributed by atoms with van der Waals surface area (Å²) in [5.41, 5.74) is 0.846. The molecule has 1 heterocycles. The molecule has 19 heavy (non-hydrogen) atoms. The fraction of sp³-hybridized carbons (Fsp3) is 0.500. The Labute approximate surface area is 118 Å². The molecule has 1 amide bonds. The topological polar surface area (TPSA) is 41.6 Å². The number of nitrogens with one attached hydrogen (secondary N) is 1. The summed E-state index contributed by atoms with van der Waals surface area (Å²) in [4.78, 5) is 14.2. The molecule has 1 aliphatic heterocycles. The summed E-state index contributed by atoms with van der Waals surface area (Å²) >= 11 is 6.16. The number of ether oxygens (including phenoxy) is 1. The predicted octanol–water partition coefficient (Wildman–Crippen LogP) is 1.71. The Morgan fingerprint density at radius 3 is 3.00 bits per heavy atom. The zero-order valence-corrected chi connectivity index (χ0v) is 12.0. The van der Waals surface area contributed by atoms with Gasteiger partial charge >= 0.3 is 0 Å². The van der Waals surface area contributed by atoms with Gasteiger partial charge in [-0.3, -0.25) is 4.79 Å². The molecule has 104 valence electrons. The molecule has 0 spiro atoms. The Morgan fingerprint density at radius 1 is 1.58 bits per heavy atom. The number of piperazine rings is 1. The molecule has 1 aliphatic rings. The third-order valence-electron chi connectivity index (χ3n) is 3.42. The van der Waals surface area contributed by atoms with Crippen LogP contribution in [0.2, 0.25) is 5.02 Å². The lowest BCUT2D eigenvalue weighted by atomic mass is 10.1. The molecular weight excluding hydrogens is 264 g/mol. The summed E-state index contributed by atoms with van der Waals surface area (Å²) < 4.78 is 5.10. The maximum atomic E-state index is 12.3. The Morgan fingerprint density at radius 2 is 2.37 bits per heavy atom. The molecule has 1 saturated heterocycles. The van der Waals surface area contributed by atoms with Crippen LogP contribution in [0.15, 0.2) is 18.2 Å². The standard InChI is InChI=1S/C14H19ClN2O2/c1-10-9-16-5-6-17(10)14(18)7-11-3-4-12(19-2)8-13(11)15/h3-4,8,10,16H,5-7,9H2,1-2H3/t10-/m1/s1. The highest BCUT2D eigenvalue weighted by Crippen LogP contribution is 2.23. The largest absolute Gasteiger partial charge is 0.497 e. The van der Waals surface area contributed by atoms with E-state index in [1.807, 2.05) is 17.0 Å². The van der Waals surface area contributed by atoms with Gasteiger partial charge in [-0.15, -0.1) is 0 Å². The first kappa shape index (κ1) is 14.2. The Balaban J connectivity index is 2.06. The van der Waals surface area contributed by atoms with E-state index >= 15 is 0 Å². The van der Waals surface area contributed by atoms with E-state index in [9.17, 15) is 4.79 Å². The highest BCUT2D eigenvalue weighted by Gasteiger charge is 2.23. The van der Waals surface area contributed by atoms with Crippen molar-refractivity contribution in [1.29, 1.82) is 0 Å². The molecule has 0 aliphatic carbocycles. The number of hydrogen-bond acceptors (Lipinski definition) is 3. The molecule has 0 aromatic heterocycles. The lowest BCUT2D eigenvalue weighted by Gasteiger charge is -2.34. The van der Waals surface area contributed by atoms with Crippen molar-refractivity contribution in [2.45, 2.75) is 19.4 Å². The quantitative estimate of drug-likeness (QED) is 0.918. The molecule has 1 fully saturated rings. The number of carbonyl (C=O) groups excluding carboxylic acids is 1. The first-order valence-electron chi connectivity index (χ1n) is 6.44. The van der Waals surface area contributed by atoms with Crippen LogP contribution in [0, 0.1) is 0 Å². The van der Waals surface area contributed by atoms with E-state index in [0.717, 1.165) is 25.2 Å². The minimum Gasteiger partial charge on any atom is -0.497 e. The van der Waals surface area contributed by atoms with Gasteiger partial charge in [0.05, 0.1) is 13.5 Å². The number of benzene rings is 1. The summed E-state index contributed by atoms with van der Waals surface area (Å²) in [6, 6.07) is 5.66. The molecule has 0 saturated carbocycles. The van der Waals surface area contributed by atoms with Crippen molar-refractivity contribution in [3.8, 4) is 5.75 Å². The lowest BCUT2D eigenvalue weighted by Crippen LogP contribution is -2.52. The van der Waals surface area contributed by atoms with Gasteiger partial charge in [0, 0.05) is 30.7 Å². The second-order valence-electron chi connectivity index (χ2n) is 4.77. The van der Waals surface area contributed by atoms with Crippen LogP contribution in [0.25, 0.3) is 0 Å². The zero-order valence-electron chi connectivity index (χ0n) is 11.3. The number of methoxy groups -OCH3 is 1. The molecule has 4 nitrogen and oxygen atoms in total. The Hall–Kier alpha value is -1.26. The summed E-state index contributed by atoms with van der Waals surface area (Å²) in [7, 11) is 1.60. The Kier molecular flexibility index (Phi) is 4.66. The summed E-state index contributed by atoms with van der Waals surface area (Å²) in [6.45, 7) is 4.52.